The van der Waals surface area contributed by atoms with Crippen LogP contribution >= 0.6 is 0 Å². The van der Waals surface area contributed by atoms with Gasteiger partial charge in [0.1, 0.15) is 5.58 Å². The highest BCUT2D eigenvalue weighted by Crippen LogP contribution is 2.44. The minimum absolute atomic E-state index is 0.784. The van der Waals surface area contributed by atoms with E-state index >= 15 is 0 Å². The Kier molecular flexibility index (Phi) is 5.91. The van der Waals surface area contributed by atoms with Crippen molar-refractivity contribution in [2.24, 2.45) is 0 Å². The fourth-order valence-electron chi connectivity index (χ4n) is 7.53. The number of hydrogen-bond acceptors (Lipinski definition) is 2. The van der Waals surface area contributed by atoms with Gasteiger partial charge >= 0.3 is 0 Å². The molecule has 0 saturated heterocycles. The van der Waals surface area contributed by atoms with Crippen molar-refractivity contribution >= 4 is 54.5 Å². The van der Waals surface area contributed by atoms with Crippen LogP contribution in [-0.4, -0.2) is 0 Å². The molecule has 0 spiro atoms. The molecule has 0 aliphatic heterocycles. The van der Waals surface area contributed by atoms with E-state index in [0.717, 1.165) is 55.2 Å². The molecule has 0 radical (unpaired) electrons. The highest BCUT2D eigenvalue weighted by Gasteiger charge is 2.18. The van der Waals surface area contributed by atoms with E-state index in [2.05, 4.69) is 146 Å². The summed E-state index contributed by atoms with van der Waals surface area (Å²) in [4.78, 5) is 0. The quantitative estimate of drug-likeness (QED) is 0.185. The van der Waals surface area contributed by atoms with Crippen LogP contribution in [0.5, 0.6) is 0 Å². The third-order valence-electron chi connectivity index (χ3n) is 9.77. The van der Waals surface area contributed by atoms with Crippen LogP contribution < -0.4 is 0 Å². The molecule has 10 aromatic rings. The lowest BCUT2D eigenvalue weighted by atomic mass is 9.86. The fourth-order valence-corrected chi connectivity index (χ4v) is 7.53. The van der Waals surface area contributed by atoms with Crippen LogP contribution in [0.3, 0.4) is 0 Å². The van der Waals surface area contributed by atoms with E-state index < -0.39 is 0 Å². The lowest BCUT2D eigenvalue weighted by molar-refractivity contribution is 0.600. The van der Waals surface area contributed by atoms with Crippen molar-refractivity contribution in [3.05, 3.63) is 170 Å². The first kappa shape index (κ1) is 26.8. The Balaban J connectivity index is 1.08. The molecule has 0 saturated carbocycles. The van der Waals surface area contributed by atoms with Gasteiger partial charge in [-0.25, -0.2) is 0 Å². The van der Waals surface area contributed by atoms with Crippen LogP contribution in [0.25, 0.3) is 99.0 Å². The van der Waals surface area contributed by atoms with Crippen LogP contribution in [0.2, 0.25) is 0 Å². The van der Waals surface area contributed by atoms with Gasteiger partial charge in [-0.15, -0.1) is 0 Å². The van der Waals surface area contributed by atoms with Crippen LogP contribution in [0, 0.1) is 0 Å². The molecule has 0 bridgehead atoms. The maximum absolute atomic E-state index is 6.52. The summed E-state index contributed by atoms with van der Waals surface area (Å²) in [5.74, 6) is 0. The van der Waals surface area contributed by atoms with Gasteiger partial charge in [-0.1, -0.05) is 140 Å². The molecule has 0 fully saturated rings. The molecule has 0 amide bonds. The third-order valence-corrected chi connectivity index (χ3v) is 9.77. The summed E-state index contributed by atoms with van der Waals surface area (Å²) >= 11 is 0. The van der Waals surface area contributed by atoms with Gasteiger partial charge in [0.25, 0.3) is 0 Å². The SMILES string of the molecule is c1ccc(-c2c3ccccc3c(-c3ccc(-c4ccc5c(c4)oc4c5ccc5c(-c6ccccc6)coc54)cc3)c3ccccc23)cc1. The Labute approximate surface area is 277 Å². The number of fused-ring (bicyclic) bond motifs is 7. The molecule has 8 aromatic carbocycles. The van der Waals surface area contributed by atoms with Crippen LogP contribution in [0.1, 0.15) is 0 Å². The first-order valence-electron chi connectivity index (χ1n) is 16.3. The maximum Gasteiger partial charge on any atom is 0.178 e. The van der Waals surface area contributed by atoms with Gasteiger partial charge in [-0.3, -0.25) is 0 Å². The smallest absolute Gasteiger partial charge is 0.178 e. The molecule has 0 N–H and O–H groups in total. The highest BCUT2D eigenvalue weighted by atomic mass is 16.4. The highest BCUT2D eigenvalue weighted by molar-refractivity contribution is 6.21. The molecule has 0 aliphatic carbocycles. The molecule has 2 nitrogen and oxygen atoms in total. The predicted octanol–water partition coefficient (Wildman–Crippen LogP) is 13.3. The molecule has 224 valence electrons. The summed E-state index contributed by atoms with van der Waals surface area (Å²) in [6.07, 6.45) is 1.83. The average Bonchev–Trinajstić information content (AvgIpc) is 3.76. The molecule has 48 heavy (non-hydrogen) atoms. The summed E-state index contributed by atoms with van der Waals surface area (Å²) in [6, 6.07) is 58.4. The van der Waals surface area contributed by atoms with Crippen molar-refractivity contribution in [2.45, 2.75) is 0 Å². The van der Waals surface area contributed by atoms with Crippen LogP contribution in [0.15, 0.2) is 179 Å². The molecule has 2 heterocycles. The first-order valence-corrected chi connectivity index (χ1v) is 16.3. The van der Waals surface area contributed by atoms with Gasteiger partial charge in [0.2, 0.25) is 0 Å². The Morgan fingerprint density at radius 3 is 1.42 bits per heavy atom. The minimum Gasteiger partial charge on any atom is -0.460 e. The largest absolute Gasteiger partial charge is 0.460 e. The monoisotopic (exact) mass is 612 g/mol. The molecule has 0 aliphatic rings. The summed E-state index contributed by atoms with van der Waals surface area (Å²) in [5.41, 5.74) is 11.9. The van der Waals surface area contributed by atoms with E-state index in [1.165, 1.54) is 43.8 Å². The molecule has 10 rings (SSSR count). The van der Waals surface area contributed by atoms with Gasteiger partial charge in [-0.2, -0.15) is 0 Å². The molecular weight excluding hydrogens is 585 g/mol. The first-order chi connectivity index (χ1) is 23.8. The minimum atomic E-state index is 0.784. The summed E-state index contributed by atoms with van der Waals surface area (Å²) in [6.45, 7) is 0. The lowest BCUT2D eigenvalue weighted by Gasteiger charge is -2.18. The normalized spacial score (nSPS) is 11.8. The number of hydrogen-bond donors (Lipinski definition) is 0. The maximum atomic E-state index is 6.52. The topological polar surface area (TPSA) is 26.3 Å². The van der Waals surface area contributed by atoms with Crippen LogP contribution in [0.4, 0.5) is 0 Å². The van der Waals surface area contributed by atoms with Crippen molar-refractivity contribution in [1.29, 1.82) is 0 Å². The molecular formula is C46H28O2. The van der Waals surface area contributed by atoms with Gasteiger partial charge in [0, 0.05) is 21.7 Å². The van der Waals surface area contributed by atoms with Gasteiger partial charge in [-0.05, 0) is 84.8 Å². The Morgan fingerprint density at radius 2 is 0.792 bits per heavy atom. The summed E-state index contributed by atoms with van der Waals surface area (Å²) < 4.78 is 12.6. The summed E-state index contributed by atoms with van der Waals surface area (Å²) in [7, 11) is 0. The second-order valence-corrected chi connectivity index (χ2v) is 12.4. The second kappa shape index (κ2) is 10.6. The lowest BCUT2D eigenvalue weighted by Crippen LogP contribution is -1.90. The van der Waals surface area contributed by atoms with Gasteiger partial charge in [0.05, 0.1) is 6.26 Å². The van der Waals surface area contributed by atoms with Crippen molar-refractivity contribution in [3.63, 3.8) is 0 Å². The molecule has 0 atom stereocenters. The zero-order chi connectivity index (χ0) is 31.6. The predicted molar refractivity (Wildman–Crippen MR) is 200 cm³/mol. The van der Waals surface area contributed by atoms with E-state index in [1.54, 1.807) is 0 Å². The van der Waals surface area contributed by atoms with E-state index in [-0.39, 0.29) is 0 Å². The van der Waals surface area contributed by atoms with Crippen molar-refractivity contribution in [2.75, 3.05) is 0 Å². The molecule has 2 aromatic heterocycles. The van der Waals surface area contributed by atoms with E-state index in [1.807, 2.05) is 24.5 Å². The van der Waals surface area contributed by atoms with Crippen molar-refractivity contribution in [3.8, 4) is 44.5 Å². The Hall–Kier alpha value is -6.38. The van der Waals surface area contributed by atoms with Crippen LogP contribution in [-0.2, 0) is 0 Å². The zero-order valence-corrected chi connectivity index (χ0v) is 26.0. The molecule has 2 heteroatoms. The zero-order valence-electron chi connectivity index (χ0n) is 26.0. The molecule has 0 unspecified atom stereocenters. The van der Waals surface area contributed by atoms with Gasteiger partial charge < -0.3 is 8.83 Å². The van der Waals surface area contributed by atoms with E-state index in [9.17, 15) is 0 Å². The van der Waals surface area contributed by atoms with Crippen molar-refractivity contribution < 1.29 is 8.83 Å². The summed E-state index contributed by atoms with van der Waals surface area (Å²) in [5, 5.41) is 8.24. The third kappa shape index (κ3) is 4.06. The average molecular weight is 613 g/mol. The standard InChI is InChI=1S/C46H28O2/c1-3-11-30(12-4-1)41-28-47-45-40(41)26-25-39-34-24-23-33(27-42(34)48-46(39)45)29-19-21-32(22-20-29)44-37-17-9-7-15-35(37)43(31-13-5-2-6-14-31)36-16-8-10-18-38(36)44/h1-28H. The van der Waals surface area contributed by atoms with E-state index in [0.29, 0.717) is 0 Å². The Morgan fingerprint density at radius 1 is 0.312 bits per heavy atom. The van der Waals surface area contributed by atoms with Gasteiger partial charge in [0.15, 0.2) is 11.2 Å². The van der Waals surface area contributed by atoms with E-state index in [4.69, 9.17) is 8.83 Å². The number of benzene rings is 8. The van der Waals surface area contributed by atoms with Crippen molar-refractivity contribution in [1.82, 2.24) is 0 Å². The number of rotatable bonds is 4. The number of furan rings is 2. The second-order valence-electron chi connectivity index (χ2n) is 12.4. The Bertz CT molecular complexity index is 2750. The fraction of sp³-hybridized carbons (Fsp3) is 0.